The van der Waals surface area contributed by atoms with Gasteiger partial charge < -0.3 is 4.74 Å². The Morgan fingerprint density at radius 3 is 2.46 bits per heavy atom. The molecule has 1 aliphatic carbocycles. The lowest BCUT2D eigenvalue weighted by atomic mass is 9.84. The Balaban J connectivity index is 1.52. The molecule has 0 bridgehead atoms. The Bertz CT molecular complexity index is 809. The lowest BCUT2D eigenvalue weighted by Gasteiger charge is -2.22. The van der Waals surface area contributed by atoms with E-state index in [-0.39, 0.29) is 6.54 Å². The van der Waals surface area contributed by atoms with Crippen molar-refractivity contribution in [1.29, 1.82) is 0 Å². The molecule has 26 heavy (non-hydrogen) atoms. The highest BCUT2D eigenvalue weighted by Crippen LogP contribution is 2.32. The molecule has 0 aliphatic heterocycles. The van der Waals surface area contributed by atoms with E-state index in [2.05, 4.69) is 4.72 Å². The van der Waals surface area contributed by atoms with E-state index < -0.39 is 10.0 Å². The van der Waals surface area contributed by atoms with Crippen molar-refractivity contribution >= 4 is 10.0 Å². The van der Waals surface area contributed by atoms with E-state index in [0.29, 0.717) is 17.4 Å². The molecule has 0 aromatic heterocycles. The number of hydrogen-bond acceptors (Lipinski definition) is 3. The van der Waals surface area contributed by atoms with Gasteiger partial charge >= 0.3 is 0 Å². The van der Waals surface area contributed by atoms with E-state index in [9.17, 15) is 8.42 Å². The van der Waals surface area contributed by atoms with Crippen LogP contribution in [0, 0.1) is 6.92 Å². The van der Waals surface area contributed by atoms with E-state index >= 15 is 0 Å². The molecular weight excluding hydrogens is 346 g/mol. The van der Waals surface area contributed by atoms with E-state index in [1.165, 1.54) is 37.7 Å². The van der Waals surface area contributed by atoms with Crippen molar-refractivity contribution < 1.29 is 13.2 Å². The third-order valence-corrected chi connectivity index (χ3v) is 6.40. The zero-order valence-electron chi connectivity index (χ0n) is 15.3. The van der Waals surface area contributed by atoms with Crippen LogP contribution in [0.5, 0.6) is 5.75 Å². The van der Waals surface area contributed by atoms with Gasteiger partial charge in [-0.15, -0.1) is 0 Å². The van der Waals surface area contributed by atoms with Gasteiger partial charge in [0.15, 0.2) is 0 Å². The second kappa shape index (κ2) is 8.69. The maximum absolute atomic E-state index is 12.4. The normalized spacial score (nSPS) is 15.7. The van der Waals surface area contributed by atoms with Gasteiger partial charge in [-0.2, -0.15) is 0 Å². The molecule has 0 spiro atoms. The zero-order valence-corrected chi connectivity index (χ0v) is 16.1. The molecule has 140 valence electrons. The fourth-order valence-corrected chi connectivity index (χ4v) is 4.50. The van der Waals surface area contributed by atoms with Crippen molar-refractivity contribution in [3.63, 3.8) is 0 Å². The van der Waals surface area contributed by atoms with Crippen LogP contribution < -0.4 is 9.46 Å². The Morgan fingerprint density at radius 1 is 1.04 bits per heavy atom. The maximum atomic E-state index is 12.4. The van der Waals surface area contributed by atoms with Crippen LogP contribution in [-0.4, -0.2) is 21.6 Å². The molecule has 0 saturated heterocycles. The first-order valence-electron chi connectivity index (χ1n) is 9.34. The minimum absolute atomic E-state index is 0.237. The summed E-state index contributed by atoms with van der Waals surface area (Å²) < 4.78 is 33.0. The molecule has 2 aromatic rings. The van der Waals surface area contributed by atoms with Crippen molar-refractivity contribution in [2.45, 2.75) is 49.8 Å². The van der Waals surface area contributed by atoms with Crippen LogP contribution in [-0.2, 0) is 10.0 Å². The number of hydrogen-bond donors (Lipinski definition) is 1. The lowest BCUT2D eigenvalue weighted by molar-refractivity contribution is 0.322. The summed E-state index contributed by atoms with van der Waals surface area (Å²) >= 11 is 0. The van der Waals surface area contributed by atoms with Crippen LogP contribution in [0.25, 0.3) is 0 Å². The highest BCUT2D eigenvalue weighted by atomic mass is 32.2. The monoisotopic (exact) mass is 373 g/mol. The molecule has 0 heterocycles. The summed E-state index contributed by atoms with van der Waals surface area (Å²) in [5, 5.41) is 0. The summed E-state index contributed by atoms with van der Waals surface area (Å²) in [4.78, 5) is 0.313. The van der Waals surface area contributed by atoms with Gasteiger partial charge in [0.1, 0.15) is 12.4 Å². The van der Waals surface area contributed by atoms with Crippen molar-refractivity contribution in [2.24, 2.45) is 0 Å². The number of rotatable bonds is 7. The quantitative estimate of drug-likeness (QED) is 0.732. The van der Waals surface area contributed by atoms with E-state index in [0.717, 1.165) is 11.3 Å². The minimum atomic E-state index is -3.50. The number of ether oxygens (including phenoxy) is 1. The van der Waals surface area contributed by atoms with Crippen molar-refractivity contribution in [3.8, 4) is 5.75 Å². The fraction of sp³-hybridized carbons (Fsp3) is 0.429. The summed E-state index contributed by atoms with van der Waals surface area (Å²) in [7, 11) is -3.50. The molecule has 1 N–H and O–H groups in total. The summed E-state index contributed by atoms with van der Waals surface area (Å²) in [6.07, 6.45) is 6.28. The van der Waals surface area contributed by atoms with Crippen LogP contribution in [0.2, 0.25) is 0 Å². The molecule has 1 aliphatic rings. The summed E-state index contributed by atoms with van der Waals surface area (Å²) in [5.41, 5.74) is 2.37. The summed E-state index contributed by atoms with van der Waals surface area (Å²) in [6, 6.07) is 15.1. The molecule has 0 radical (unpaired) electrons. The van der Waals surface area contributed by atoms with Crippen LogP contribution >= 0.6 is 0 Å². The standard InChI is InChI=1S/C21H27NO3S/c1-17-6-5-9-20(16-17)25-15-14-22-26(23,24)21-12-10-19(11-13-21)18-7-3-2-4-8-18/h5-6,9-13,16,18,22H,2-4,7-8,14-15H2,1H3. The van der Waals surface area contributed by atoms with E-state index in [1.807, 2.05) is 43.3 Å². The Morgan fingerprint density at radius 2 is 1.77 bits per heavy atom. The van der Waals surface area contributed by atoms with Crippen molar-refractivity contribution in [2.75, 3.05) is 13.2 Å². The molecule has 4 nitrogen and oxygen atoms in total. The first kappa shape index (κ1) is 18.9. The molecule has 0 amide bonds. The van der Waals surface area contributed by atoms with Crippen LogP contribution in [0.3, 0.4) is 0 Å². The molecular formula is C21H27NO3S. The molecule has 0 atom stereocenters. The third kappa shape index (κ3) is 5.08. The second-order valence-electron chi connectivity index (χ2n) is 6.97. The highest BCUT2D eigenvalue weighted by Gasteiger charge is 2.17. The molecule has 1 fully saturated rings. The van der Waals surface area contributed by atoms with Gasteiger partial charge in [-0.25, -0.2) is 13.1 Å². The van der Waals surface area contributed by atoms with Crippen LogP contribution in [0.15, 0.2) is 53.4 Å². The largest absolute Gasteiger partial charge is 0.492 e. The predicted molar refractivity (Wildman–Crippen MR) is 104 cm³/mol. The predicted octanol–water partition coefficient (Wildman–Crippen LogP) is 4.40. The van der Waals surface area contributed by atoms with Crippen LogP contribution in [0.4, 0.5) is 0 Å². The number of sulfonamides is 1. The van der Waals surface area contributed by atoms with Gasteiger partial charge in [-0.05, 0) is 61.1 Å². The van der Waals surface area contributed by atoms with Gasteiger partial charge in [0.25, 0.3) is 0 Å². The average molecular weight is 374 g/mol. The first-order valence-corrected chi connectivity index (χ1v) is 10.8. The molecule has 5 heteroatoms. The average Bonchev–Trinajstić information content (AvgIpc) is 2.66. The Labute approximate surface area is 156 Å². The van der Waals surface area contributed by atoms with E-state index in [1.54, 1.807) is 12.1 Å². The number of aryl methyl sites for hydroxylation is 1. The topological polar surface area (TPSA) is 55.4 Å². The van der Waals surface area contributed by atoms with Gasteiger partial charge in [0.2, 0.25) is 10.0 Å². The summed E-state index contributed by atoms with van der Waals surface area (Å²) in [5.74, 6) is 1.33. The minimum Gasteiger partial charge on any atom is -0.492 e. The maximum Gasteiger partial charge on any atom is 0.240 e. The third-order valence-electron chi connectivity index (χ3n) is 4.92. The molecule has 3 rings (SSSR count). The van der Waals surface area contributed by atoms with Gasteiger partial charge in [0.05, 0.1) is 4.90 Å². The van der Waals surface area contributed by atoms with E-state index in [4.69, 9.17) is 4.74 Å². The second-order valence-corrected chi connectivity index (χ2v) is 8.73. The summed E-state index contributed by atoms with van der Waals surface area (Å²) in [6.45, 7) is 2.52. The smallest absolute Gasteiger partial charge is 0.240 e. The fourth-order valence-electron chi connectivity index (χ4n) is 3.49. The lowest BCUT2D eigenvalue weighted by Crippen LogP contribution is -2.28. The molecule has 0 unspecified atom stereocenters. The zero-order chi connectivity index (χ0) is 18.4. The molecule has 1 saturated carbocycles. The van der Waals surface area contributed by atoms with Gasteiger partial charge in [-0.3, -0.25) is 0 Å². The van der Waals surface area contributed by atoms with Gasteiger partial charge in [-0.1, -0.05) is 43.5 Å². The Kier molecular flexibility index (Phi) is 6.33. The Hall–Kier alpha value is -1.85. The van der Waals surface area contributed by atoms with Crippen LogP contribution in [0.1, 0.15) is 49.1 Å². The van der Waals surface area contributed by atoms with Crippen molar-refractivity contribution in [3.05, 3.63) is 59.7 Å². The van der Waals surface area contributed by atoms with Crippen molar-refractivity contribution in [1.82, 2.24) is 4.72 Å². The van der Waals surface area contributed by atoms with Gasteiger partial charge in [0, 0.05) is 6.54 Å². The SMILES string of the molecule is Cc1cccc(OCCNS(=O)(=O)c2ccc(C3CCCCC3)cc2)c1. The molecule has 2 aromatic carbocycles. The highest BCUT2D eigenvalue weighted by molar-refractivity contribution is 7.89. The number of nitrogens with one attached hydrogen (secondary N) is 1. The first-order chi connectivity index (χ1) is 12.5. The number of benzene rings is 2.